The molecule has 0 unspecified atom stereocenters. The Morgan fingerprint density at radius 3 is 2.48 bits per heavy atom. The fourth-order valence-corrected chi connectivity index (χ4v) is 3.60. The van der Waals surface area contributed by atoms with Crippen LogP contribution in [0.2, 0.25) is 0 Å². The molecule has 25 heavy (non-hydrogen) atoms. The van der Waals surface area contributed by atoms with E-state index in [1.165, 1.54) is 16.9 Å². The van der Waals surface area contributed by atoms with E-state index in [1.54, 1.807) is 0 Å². The third-order valence-corrected chi connectivity index (χ3v) is 5.00. The lowest BCUT2D eigenvalue weighted by molar-refractivity contribution is -0.663. The van der Waals surface area contributed by atoms with Crippen molar-refractivity contribution in [2.75, 3.05) is 0 Å². The van der Waals surface area contributed by atoms with Crippen molar-refractivity contribution in [2.45, 2.75) is 13.1 Å². The third kappa shape index (κ3) is 3.72. The van der Waals surface area contributed by atoms with Gasteiger partial charge in [-0.15, -0.1) is 11.3 Å². The summed E-state index contributed by atoms with van der Waals surface area (Å²) in [6, 6.07) is 22.4. The molecule has 2 heterocycles. The fourth-order valence-electron chi connectivity index (χ4n) is 2.94. The van der Waals surface area contributed by atoms with Crippen LogP contribution in [0.4, 0.5) is 0 Å². The number of benzene rings is 2. The predicted octanol–water partition coefficient (Wildman–Crippen LogP) is 0.925. The van der Waals surface area contributed by atoms with Gasteiger partial charge in [-0.25, -0.2) is 9.13 Å². The first-order valence-corrected chi connectivity index (χ1v) is 8.77. The molecule has 0 spiro atoms. The van der Waals surface area contributed by atoms with Gasteiger partial charge in [-0.3, -0.25) is 4.79 Å². The number of thiophene rings is 1. The lowest BCUT2D eigenvalue weighted by Gasteiger charge is -1.98. The van der Waals surface area contributed by atoms with E-state index in [0.29, 0.717) is 6.54 Å². The molecule has 0 aliphatic heterocycles. The Bertz CT molecular complexity index is 978. The number of hydrogen-bond acceptors (Lipinski definition) is 2. The zero-order valence-electron chi connectivity index (χ0n) is 13.5. The molecule has 0 bridgehead atoms. The number of carbonyl (C=O) groups excluding carboxylic acids is 1. The first-order chi connectivity index (χ1) is 11.8. The summed E-state index contributed by atoms with van der Waals surface area (Å²) >= 11 is 1.50. The Hall–Kier alpha value is -2.24. The first kappa shape index (κ1) is 17.6. The van der Waals surface area contributed by atoms with E-state index in [0.717, 1.165) is 22.5 Å². The largest absolute Gasteiger partial charge is 1.00 e. The van der Waals surface area contributed by atoms with E-state index in [-0.39, 0.29) is 22.8 Å². The van der Waals surface area contributed by atoms with Gasteiger partial charge >= 0.3 is 0 Å². The molecule has 4 rings (SSSR count). The summed E-state index contributed by atoms with van der Waals surface area (Å²) in [4.78, 5) is 13.3. The van der Waals surface area contributed by atoms with Gasteiger partial charge in [-0.1, -0.05) is 48.5 Å². The average molecular weight is 413 g/mol. The van der Waals surface area contributed by atoms with Crippen LogP contribution in [0.25, 0.3) is 11.0 Å². The minimum Gasteiger partial charge on any atom is -1.00 e. The lowest BCUT2D eigenvalue weighted by Crippen LogP contribution is -3.00. The van der Waals surface area contributed by atoms with Crippen molar-refractivity contribution in [1.29, 1.82) is 0 Å². The van der Waals surface area contributed by atoms with E-state index < -0.39 is 0 Å². The number of rotatable bonds is 5. The molecule has 2 aromatic carbocycles. The average Bonchev–Trinajstić information content (AvgIpc) is 3.26. The zero-order chi connectivity index (χ0) is 16.4. The quantitative estimate of drug-likeness (QED) is 0.353. The summed E-state index contributed by atoms with van der Waals surface area (Å²) in [6.07, 6.45) is 2.04. The molecule has 126 valence electrons. The molecule has 0 atom stereocenters. The van der Waals surface area contributed by atoms with Crippen molar-refractivity contribution in [3.05, 3.63) is 88.9 Å². The molecular weight excluding hydrogens is 396 g/mol. The molecule has 0 aliphatic carbocycles. The van der Waals surface area contributed by atoms with Crippen molar-refractivity contribution in [1.82, 2.24) is 4.57 Å². The standard InChI is InChI=1S/C20H17N2OS.BrH/c23-19(20-11-6-12-24-20)14-22-15-21(13-16-7-2-1-3-8-16)17-9-4-5-10-18(17)22;/h1-12,15H,13-14H2;1H/q+1;/p-1. The van der Waals surface area contributed by atoms with Gasteiger partial charge in [-0.2, -0.15) is 0 Å². The summed E-state index contributed by atoms with van der Waals surface area (Å²) < 4.78 is 4.24. The number of hydrogen-bond donors (Lipinski definition) is 0. The Labute approximate surface area is 160 Å². The number of imidazole rings is 1. The maximum atomic E-state index is 12.5. The number of carbonyl (C=O) groups is 1. The number of nitrogens with zero attached hydrogens (tertiary/aromatic N) is 2. The first-order valence-electron chi connectivity index (χ1n) is 7.89. The summed E-state index contributed by atoms with van der Waals surface area (Å²) in [5, 5.41) is 1.94. The summed E-state index contributed by atoms with van der Waals surface area (Å²) in [5.41, 5.74) is 3.47. The van der Waals surface area contributed by atoms with Gasteiger partial charge in [0.1, 0.15) is 6.54 Å². The second-order valence-corrected chi connectivity index (χ2v) is 6.69. The molecule has 0 saturated heterocycles. The minimum absolute atomic E-state index is 0. The van der Waals surface area contributed by atoms with Crippen LogP contribution in [0.15, 0.2) is 78.4 Å². The van der Waals surface area contributed by atoms with E-state index in [9.17, 15) is 4.79 Å². The molecule has 0 amide bonds. The van der Waals surface area contributed by atoms with Gasteiger partial charge < -0.3 is 17.0 Å². The van der Waals surface area contributed by atoms with Crippen molar-refractivity contribution in [3.8, 4) is 0 Å². The second-order valence-electron chi connectivity index (χ2n) is 5.75. The highest BCUT2D eigenvalue weighted by Gasteiger charge is 2.19. The Morgan fingerprint density at radius 1 is 0.960 bits per heavy atom. The summed E-state index contributed by atoms with van der Waals surface area (Å²) in [6.45, 7) is 1.16. The number of halogens is 1. The van der Waals surface area contributed by atoms with Gasteiger partial charge in [0, 0.05) is 0 Å². The monoisotopic (exact) mass is 412 g/mol. The Morgan fingerprint density at radius 2 is 1.72 bits per heavy atom. The summed E-state index contributed by atoms with van der Waals surface area (Å²) in [5.74, 6) is 0.151. The van der Waals surface area contributed by atoms with E-state index in [1.807, 2.05) is 46.6 Å². The fraction of sp³-hybridized carbons (Fsp3) is 0.100. The van der Waals surface area contributed by atoms with Crippen molar-refractivity contribution >= 4 is 28.2 Å². The van der Waals surface area contributed by atoms with E-state index >= 15 is 0 Å². The minimum atomic E-state index is 0. The Kier molecular flexibility index (Phi) is 5.46. The van der Waals surface area contributed by atoms with E-state index in [2.05, 4.69) is 41.0 Å². The number of ketones is 1. The molecule has 2 aromatic heterocycles. The molecule has 4 aromatic rings. The maximum Gasteiger partial charge on any atom is 0.245 e. The molecule has 5 heteroatoms. The number of fused-ring (bicyclic) bond motifs is 1. The highest BCUT2D eigenvalue weighted by Crippen LogP contribution is 2.15. The van der Waals surface area contributed by atoms with Crippen molar-refractivity contribution < 1.29 is 26.3 Å². The normalized spacial score (nSPS) is 10.6. The molecule has 0 N–H and O–H groups in total. The van der Waals surface area contributed by atoms with Gasteiger partial charge in [0.05, 0.1) is 4.88 Å². The van der Waals surface area contributed by atoms with Crippen LogP contribution in [0, 0.1) is 0 Å². The topological polar surface area (TPSA) is 25.9 Å². The van der Waals surface area contributed by atoms with Crippen LogP contribution in [0.3, 0.4) is 0 Å². The highest BCUT2D eigenvalue weighted by atomic mass is 79.9. The second kappa shape index (κ2) is 7.76. The molecule has 0 fully saturated rings. The highest BCUT2D eigenvalue weighted by molar-refractivity contribution is 7.12. The predicted molar refractivity (Wildman–Crippen MR) is 96.3 cm³/mol. The van der Waals surface area contributed by atoms with Crippen LogP contribution in [-0.2, 0) is 13.1 Å². The van der Waals surface area contributed by atoms with Crippen LogP contribution >= 0.6 is 11.3 Å². The van der Waals surface area contributed by atoms with Gasteiger partial charge in [0.25, 0.3) is 0 Å². The number of para-hydroxylation sites is 2. The van der Waals surface area contributed by atoms with Gasteiger partial charge in [0.2, 0.25) is 12.1 Å². The lowest BCUT2D eigenvalue weighted by atomic mass is 10.2. The molecule has 3 nitrogen and oxygen atoms in total. The maximum absolute atomic E-state index is 12.5. The molecule has 0 aliphatic rings. The zero-order valence-corrected chi connectivity index (χ0v) is 15.9. The van der Waals surface area contributed by atoms with Crippen molar-refractivity contribution in [2.24, 2.45) is 0 Å². The molecular formula is C20H17BrN2OS. The van der Waals surface area contributed by atoms with E-state index in [4.69, 9.17) is 0 Å². The van der Waals surface area contributed by atoms with Crippen LogP contribution in [0.1, 0.15) is 15.2 Å². The number of aromatic nitrogens is 2. The van der Waals surface area contributed by atoms with Crippen LogP contribution in [0.5, 0.6) is 0 Å². The van der Waals surface area contributed by atoms with Crippen LogP contribution in [-0.4, -0.2) is 10.4 Å². The molecule has 0 saturated carbocycles. The molecule has 0 radical (unpaired) electrons. The van der Waals surface area contributed by atoms with Gasteiger partial charge in [0.15, 0.2) is 17.6 Å². The smallest absolute Gasteiger partial charge is 0.245 e. The number of Topliss-reactive ketones (excluding diaryl/α,β-unsaturated/α-hetero) is 1. The van der Waals surface area contributed by atoms with Crippen molar-refractivity contribution in [3.63, 3.8) is 0 Å². The van der Waals surface area contributed by atoms with Gasteiger partial charge in [-0.05, 0) is 29.1 Å². The summed E-state index contributed by atoms with van der Waals surface area (Å²) in [7, 11) is 0. The third-order valence-electron chi connectivity index (χ3n) is 4.09. The van der Waals surface area contributed by atoms with Crippen LogP contribution < -0.4 is 21.5 Å². The SMILES string of the molecule is O=C(Cn1c[n+](Cc2ccccc2)c2ccccc21)c1cccs1.[Br-]. The Balaban J connectivity index is 0.00000182.